The molecule has 0 heterocycles. The Hall–Kier alpha value is 1.05. The minimum absolute atomic E-state index is 0. The molecule has 2 aliphatic carbocycles. The first kappa shape index (κ1) is 28.8. The Morgan fingerprint density at radius 3 is 0.348 bits per heavy atom. The van der Waals surface area contributed by atoms with Gasteiger partial charge in [-0.1, -0.05) is 69.2 Å². The molecule has 0 amide bonds. The normalized spacial score (nSPS) is 24.8. The maximum absolute atomic E-state index is 2.20. The third kappa shape index (κ3) is 6.06. The Morgan fingerprint density at radius 2 is 0.304 bits per heavy atom. The molecular weight excluding hydrogens is 502 g/mol. The maximum atomic E-state index is 2.20. The molecular formula is C22H36U+2. The average Bonchev–Trinajstić information content (AvgIpc) is 2.71. The van der Waals surface area contributed by atoms with Crippen LogP contribution in [0.2, 0.25) is 0 Å². The van der Waals surface area contributed by atoms with Crippen LogP contribution in [-0.2, 0) is 0 Å². The van der Waals surface area contributed by atoms with Crippen LogP contribution in [0.3, 0.4) is 0 Å². The zero-order valence-corrected chi connectivity index (χ0v) is 21.7. The van der Waals surface area contributed by atoms with E-state index in [-0.39, 0.29) is 46.0 Å². The van der Waals surface area contributed by atoms with Crippen molar-refractivity contribution in [2.24, 2.45) is 0 Å². The number of rotatable bonds is 0. The minimum atomic E-state index is 0. The van der Waals surface area contributed by atoms with E-state index in [0.717, 1.165) is 0 Å². The summed E-state index contributed by atoms with van der Waals surface area (Å²) in [5.74, 6) is 14.7. The van der Waals surface area contributed by atoms with Gasteiger partial charge in [0, 0.05) is 0 Å². The van der Waals surface area contributed by atoms with Gasteiger partial charge in [0.2, 0.25) is 0 Å². The maximum Gasteiger partial charge on any atom is 4.00 e. The molecule has 2 aliphatic rings. The standard InChI is InChI=1S/2C10H15.2CH3.U/c2*1-6-7(2)9(4)10(5)8(6)3;;;/h2*1-5H3;2*1H3;/q;;2*-1;+4. The van der Waals surface area contributed by atoms with Crippen LogP contribution in [0, 0.1) is 105 Å². The SMILES string of the molecule is C[C]1[C](C)[C](C)[C](C)[C]1C.C[C]1[C](C)[C](C)[C](C)[C]1C.[CH3-].[CH3-].[U+4]. The van der Waals surface area contributed by atoms with Crippen LogP contribution in [-0.4, -0.2) is 0 Å². The molecule has 0 aromatic rings. The van der Waals surface area contributed by atoms with Gasteiger partial charge in [-0.3, -0.25) is 0 Å². The first-order chi connectivity index (χ1) is 9.11. The number of hydrogen-bond acceptors (Lipinski definition) is 0. The molecule has 2 saturated carbocycles. The Bertz CT molecular complexity index is 181. The molecule has 0 aromatic heterocycles. The summed E-state index contributed by atoms with van der Waals surface area (Å²) in [7, 11) is 0. The number of hydrogen-bond donors (Lipinski definition) is 0. The summed E-state index contributed by atoms with van der Waals surface area (Å²) < 4.78 is 0. The average molecular weight is 539 g/mol. The van der Waals surface area contributed by atoms with Crippen molar-refractivity contribution in [1.29, 1.82) is 0 Å². The summed E-state index contributed by atoms with van der Waals surface area (Å²) in [6, 6.07) is 0. The van der Waals surface area contributed by atoms with E-state index in [2.05, 4.69) is 69.2 Å². The summed E-state index contributed by atoms with van der Waals surface area (Å²) in [5.41, 5.74) is 0. The largest absolute Gasteiger partial charge is 4.00 e. The van der Waals surface area contributed by atoms with Crippen molar-refractivity contribution in [3.8, 4) is 0 Å². The second-order valence-electron chi connectivity index (χ2n) is 6.25. The van der Waals surface area contributed by atoms with Crippen LogP contribution in [0.15, 0.2) is 0 Å². The second kappa shape index (κ2) is 11.6. The van der Waals surface area contributed by atoms with E-state index in [4.69, 9.17) is 0 Å². The summed E-state index contributed by atoms with van der Waals surface area (Å²) in [6.45, 7) is 22.0. The fraction of sp³-hybridized carbons (Fsp3) is 0.455. The third-order valence-corrected chi connectivity index (χ3v) is 5.62. The van der Waals surface area contributed by atoms with Crippen LogP contribution in [0.1, 0.15) is 69.2 Å². The summed E-state index contributed by atoms with van der Waals surface area (Å²) >= 11 is 0. The molecule has 126 valence electrons. The molecule has 0 aromatic carbocycles. The molecule has 0 unspecified atom stereocenters. The van der Waals surface area contributed by atoms with Crippen molar-refractivity contribution in [2.45, 2.75) is 69.2 Å². The van der Waals surface area contributed by atoms with E-state index in [0.29, 0.717) is 0 Å². The van der Waals surface area contributed by atoms with Crippen molar-refractivity contribution in [3.63, 3.8) is 0 Å². The van der Waals surface area contributed by atoms with Crippen LogP contribution >= 0.6 is 0 Å². The van der Waals surface area contributed by atoms with E-state index in [1.165, 1.54) is 59.2 Å². The summed E-state index contributed by atoms with van der Waals surface area (Å²) in [5, 5.41) is 0. The monoisotopic (exact) mass is 538 g/mol. The Kier molecular flexibility index (Phi) is 14.6. The van der Waals surface area contributed by atoms with Gasteiger partial charge in [0.05, 0.1) is 0 Å². The van der Waals surface area contributed by atoms with Gasteiger partial charge in [-0.15, -0.1) is 0 Å². The predicted octanol–water partition coefficient (Wildman–Crippen LogP) is 6.84. The van der Waals surface area contributed by atoms with Gasteiger partial charge in [-0.2, -0.15) is 0 Å². The molecule has 0 N–H and O–H groups in total. The molecule has 10 radical (unpaired) electrons. The Labute approximate surface area is 173 Å². The minimum Gasteiger partial charge on any atom is -0.358 e. The Morgan fingerprint density at radius 1 is 0.261 bits per heavy atom. The van der Waals surface area contributed by atoms with Gasteiger partial charge in [-0.05, 0) is 59.2 Å². The van der Waals surface area contributed by atoms with Gasteiger partial charge < -0.3 is 14.9 Å². The zero-order valence-electron chi connectivity index (χ0n) is 17.5. The van der Waals surface area contributed by atoms with E-state index >= 15 is 0 Å². The first-order valence-corrected chi connectivity index (χ1v) is 7.50. The van der Waals surface area contributed by atoms with Gasteiger partial charge in [0.1, 0.15) is 0 Å². The van der Waals surface area contributed by atoms with Crippen molar-refractivity contribution in [3.05, 3.63) is 74.0 Å². The Balaban J connectivity index is -0.000000308. The van der Waals surface area contributed by atoms with Gasteiger partial charge in [0.15, 0.2) is 0 Å². The van der Waals surface area contributed by atoms with Gasteiger partial charge in [-0.25, -0.2) is 0 Å². The third-order valence-electron chi connectivity index (χ3n) is 5.62. The summed E-state index contributed by atoms with van der Waals surface area (Å²) in [4.78, 5) is 0. The molecule has 0 bridgehead atoms. The molecule has 0 nitrogen and oxygen atoms in total. The fourth-order valence-electron chi connectivity index (χ4n) is 2.81. The predicted molar refractivity (Wildman–Crippen MR) is 102 cm³/mol. The molecule has 1 heteroatoms. The van der Waals surface area contributed by atoms with E-state index in [1.54, 1.807) is 0 Å². The van der Waals surface area contributed by atoms with Crippen LogP contribution < -0.4 is 0 Å². The molecule has 0 aliphatic heterocycles. The summed E-state index contributed by atoms with van der Waals surface area (Å²) in [6.07, 6.45) is 0. The van der Waals surface area contributed by atoms with Crippen molar-refractivity contribution < 1.29 is 31.1 Å². The molecule has 0 atom stereocenters. The van der Waals surface area contributed by atoms with Crippen molar-refractivity contribution in [2.75, 3.05) is 0 Å². The zero-order chi connectivity index (χ0) is 15.8. The van der Waals surface area contributed by atoms with Gasteiger partial charge in [0.25, 0.3) is 0 Å². The van der Waals surface area contributed by atoms with Gasteiger partial charge >= 0.3 is 31.1 Å². The van der Waals surface area contributed by atoms with E-state index in [1.807, 2.05) is 0 Å². The van der Waals surface area contributed by atoms with Crippen LogP contribution in [0.25, 0.3) is 0 Å². The van der Waals surface area contributed by atoms with Crippen molar-refractivity contribution in [1.82, 2.24) is 0 Å². The molecule has 2 rings (SSSR count). The fourth-order valence-corrected chi connectivity index (χ4v) is 2.81. The molecule has 2 fully saturated rings. The molecule has 23 heavy (non-hydrogen) atoms. The molecule has 0 saturated heterocycles. The van der Waals surface area contributed by atoms with E-state index in [9.17, 15) is 0 Å². The first-order valence-electron chi connectivity index (χ1n) is 7.50. The second-order valence-corrected chi connectivity index (χ2v) is 6.25. The van der Waals surface area contributed by atoms with Crippen LogP contribution in [0.4, 0.5) is 0 Å². The van der Waals surface area contributed by atoms with Crippen LogP contribution in [0.5, 0.6) is 0 Å². The van der Waals surface area contributed by atoms with E-state index < -0.39 is 0 Å². The van der Waals surface area contributed by atoms with Crippen molar-refractivity contribution >= 4 is 0 Å². The topological polar surface area (TPSA) is 0 Å². The smallest absolute Gasteiger partial charge is 0.358 e. The quantitative estimate of drug-likeness (QED) is 0.296. The molecule has 0 spiro atoms.